The summed E-state index contributed by atoms with van der Waals surface area (Å²) < 4.78 is 19.3. The van der Waals surface area contributed by atoms with E-state index in [0.29, 0.717) is 37.0 Å². The molecule has 0 saturated carbocycles. The summed E-state index contributed by atoms with van der Waals surface area (Å²) in [4.78, 5) is 21.3. The molecule has 0 N–H and O–H groups in total. The van der Waals surface area contributed by atoms with E-state index in [2.05, 4.69) is 4.90 Å². The van der Waals surface area contributed by atoms with Gasteiger partial charge in [0.25, 0.3) is 0 Å². The highest BCUT2D eigenvalue weighted by atomic mass is 35.5. The number of aromatic nitrogens is 1. The molecule has 0 bridgehead atoms. The number of amides is 1. The van der Waals surface area contributed by atoms with Crippen molar-refractivity contribution in [3.63, 3.8) is 0 Å². The van der Waals surface area contributed by atoms with E-state index in [4.69, 9.17) is 21.3 Å². The Balaban J connectivity index is 1.42. The van der Waals surface area contributed by atoms with Crippen LogP contribution in [-0.2, 0) is 11.2 Å². The third-order valence-electron chi connectivity index (χ3n) is 4.84. The minimum absolute atomic E-state index is 0.0558. The van der Waals surface area contributed by atoms with E-state index in [1.165, 1.54) is 23.5 Å². The Labute approximate surface area is 171 Å². The van der Waals surface area contributed by atoms with Crippen LogP contribution >= 0.6 is 22.9 Å². The standard InChI is InChI=1S/C20H19ClFN3O2S/c1-27-16-7-6-15(21)19-18(16)23-20(28-19)25-10-8-24(9-11-25)17(26)12-13-2-4-14(22)5-3-13/h2-7H,8-12H2,1H3. The van der Waals surface area contributed by atoms with Crippen LogP contribution in [0.1, 0.15) is 5.56 Å². The minimum atomic E-state index is -0.294. The summed E-state index contributed by atoms with van der Waals surface area (Å²) in [6.07, 6.45) is 0.286. The number of carbonyl (C=O) groups excluding carboxylic acids is 1. The number of ether oxygens (including phenoxy) is 1. The highest BCUT2D eigenvalue weighted by Gasteiger charge is 2.24. The summed E-state index contributed by atoms with van der Waals surface area (Å²) in [5.74, 6) is 0.465. The molecule has 0 atom stereocenters. The van der Waals surface area contributed by atoms with E-state index in [-0.39, 0.29) is 18.1 Å². The van der Waals surface area contributed by atoms with Crippen molar-refractivity contribution in [2.75, 3.05) is 38.2 Å². The zero-order valence-corrected chi connectivity index (χ0v) is 16.9. The smallest absolute Gasteiger partial charge is 0.227 e. The Morgan fingerprint density at radius 2 is 1.89 bits per heavy atom. The Bertz CT molecular complexity index is 1000. The van der Waals surface area contributed by atoms with E-state index in [1.54, 1.807) is 19.2 Å². The van der Waals surface area contributed by atoms with Crippen molar-refractivity contribution in [3.8, 4) is 5.75 Å². The molecule has 0 aliphatic carbocycles. The molecule has 28 heavy (non-hydrogen) atoms. The van der Waals surface area contributed by atoms with Crippen LogP contribution in [0.5, 0.6) is 5.75 Å². The maximum absolute atomic E-state index is 13.0. The second kappa shape index (κ2) is 7.93. The van der Waals surface area contributed by atoms with Gasteiger partial charge in [-0.15, -0.1) is 0 Å². The van der Waals surface area contributed by atoms with E-state index in [9.17, 15) is 9.18 Å². The second-order valence-electron chi connectivity index (χ2n) is 6.59. The molecule has 1 aliphatic rings. The molecule has 1 fully saturated rings. The molecule has 2 aromatic carbocycles. The fourth-order valence-corrected chi connectivity index (χ4v) is 4.58. The molecule has 4 rings (SSSR count). The molecule has 8 heteroatoms. The van der Waals surface area contributed by atoms with Crippen LogP contribution in [0.3, 0.4) is 0 Å². The van der Waals surface area contributed by atoms with Gasteiger partial charge in [0, 0.05) is 26.2 Å². The van der Waals surface area contributed by atoms with Gasteiger partial charge >= 0.3 is 0 Å². The van der Waals surface area contributed by atoms with Crippen LogP contribution in [0.2, 0.25) is 5.02 Å². The van der Waals surface area contributed by atoms with Gasteiger partial charge in [-0.2, -0.15) is 0 Å². The van der Waals surface area contributed by atoms with E-state index in [0.717, 1.165) is 20.9 Å². The van der Waals surface area contributed by atoms with Gasteiger partial charge in [0.15, 0.2) is 5.13 Å². The molecule has 5 nitrogen and oxygen atoms in total. The summed E-state index contributed by atoms with van der Waals surface area (Å²) in [6, 6.07) is 9.71. The van der Waals surface area contributed by atoms with Crippen LogP contribution in [0, 0.1) is 5.82 Å². The lowest BCUT2D eigenvalue weighted by Crippen LogP contribution is -2.49. The number of halogens is 2. The lowest BCUT2D eigenvalue weighted by molar-refractivity contribution is -0.130. The van der Waals surface area contributed by atoms with Crippen molar-refractivity contribution in [1.29, 1.82) is 0 Å². The van der Waals surface area contributed by atoms with Gasteiger partial charge in [0.2, 0.25) is 5.91 Å². The zero-order valence-electron chi connectivity index (χ0n) is 15.3. The predicted octanol–water partition coefficient (Wildman–Crippen LogP) is 3.99. The number of anilines is 1. The Kier molecular flexibility index (Phi) is 5.37. The fraction of sp³-hybridized carbons (Fsp3) is 0.300. The molecular formula is C20H19ClFN3O2S. The number of nitrogens with zero attached hydrogens (tertiary/aromatic N) is 3. The lowest BCUT2D eigenvalue weighted by Gasteiger charge is -2.34. The van der Waals surface area contributed by atoms with Gasteiger partial charge in [-0.05, 0) is 29.8 Å². The fourth-order valence-electron chi connectivity index (χ4n) is 3.28. The van der Waals surface area contributed by atoms with Gasteiger partial charge in [-0.3, -0.25) is 4.79 Å². The molecule has 1 aliphatic heterocycles. The maximum atomic E-state index is 13.0. The number of hydrogen-bond donors (Lipinski definition) is 0. The predicted molar refractivity (Wildman–Crippen MR) is 110 cm³/mol. The monoisotopic (exact) mass is 419 g/mol. The number of thiazole rings is 1. The van der Waals surface area contributed by atoms with Crippen molar-refractivity contribution in [2.45, 2.75) is 6.42 Å². The minimum Gasteiger partial charge on any atom is -0.494 e. The number of rotatable bonds is 4. The van der Waals surface area contributed by atoms with Crippen molar-refractivity contribution in [3.05, 3.63) is 52.8 Å². The Morgan fingerprint density at radius 3 is 2.57 bits per heavy atom. The van der Waals surface area contributed by atoms with Gasteiger partial charge < -0.3 is 14.5 Å². The molecular weight excluding hydrogens is 401 g/mol. The lowest BCUT2D eigenvalue weighted by atomic mass is 10.1. The average molecular weight is 420 g/mol. The third kappa shape index (κ3) is 3.77. The Morgan fingerprint density at radius 1 is 1.18 bits per heavy atom. The van der Waals surface area contributed by atoms with E-state index < -0.39 is 0 Å². The van der Waals surface area contributed by atoms with Gasteiger partial charge in [-0.1, -0.05) is 35.1 Å². The van der Waals surface area contributed by atoms with Crippen LogP contribution in [0.4, 0.5) is 9.52 Å². The quantitative estimate of drug-likeness (QED) is 0.641. The van der Waals surface area contributed by atoms with Crippen molar-refractivity contribution in [2.24, 2.45) is 0 Å². The highest BCUT2D eigenvalue weighted by molar-refractivity contribution is 7.22. The van der Waals surface area contributed by atoms with Crippen molar-refractivity contribution < 1.29 is 13.9 Å². The van der Waals surface area contributed by atoms with Crippen LogP contribution < -0.4 is 9.64 Å². The summed E-state index contributed by atoms with van der Waals surface area (Å²) in [5, 5.41) is 1.54. The van der Waals surface area contributed by atoms with E-state index in [1.807, 2.05) is 17.0 Å². The topological polar surface area (TPSA) is 45.7 Å². The number of hydrogen-bond acceptors (Lipinski definition) is 5. The van der Waals surface area contributed by atoms with Crippen molar-refractivity contribution in [1.82, 2.24) is 9.88 Å². The first kappa shape index (κ1) is 19.0. The van der Waals surface area contributed by atoms with Crippen LogP contribution in [0.15, 0.2) is 36.4 Å². The second-order valence-corrected chi connectivity index (χ2v) is 7.98. The first-order valence-corrected chi connectivity index (χ1v) is 10.1. The number of carbonyl (C=O) groups is 1. The summed E-state index contributed by atoms with van der Waals surface area (Å²) in [7, 11) is 1.62. The molecule has 1 aromatic heterocycles. The molecule has 2 heterocycles. The Hall–Kier alpha value is -2.38. The third-order valence-corrected chi connectivity index (χ3v) is 6.42. The molecule has 0 unspecified atom stereocenters. The number of piperazine rings is 1. The van der Waals surface area contributed by atoms with E-state index >= 15 is 0 Å². The maximum Gasteiger partial charge on any atom is 0.227 e. The molecule has 3 aromatic rings. The largest absolute Gasteiger partial charge is 0.494 e. The van der Waals surface area contributed by atoms with Crippen molar-refractivity contribution >= 4 is 44.2 Å². The molecule has 1 saturated heterocycles. The first-order valence-electron chi connectivity index (χ1n) is 8.95. The highest BCUT2D eigenvalue weighted by Crippen LogP contribution is 2.38. The normalized spacial score (nSPS) is 14.5. The van der Waals surface area contributed by atoms with Crippen LogP contribution in [0.25, 0.3) is 10.2 Å². The molecule has 0 radical (unpaired) electrons. The number of methoxy groups -OCH3 is 1. The van der Waals surface area contributed by atoms with Gasteiger partial charge in [-0.25, -0.2) is 9.37 Å². The molecule has 0 spiro atoms. The zero-order chi connectivity index (χ0) is 19.7. The summed E-state index contributed by atoms with van der Waals surface area (Å²) in [6.45, 7) is 2.66. The summed E-state index contributed by atoms with van der Waals surface area (Å²) >= 11 is 7.85. The van der Waals surface area contributed by atoms with Crippen LogP contribution in [-0.4, -0.2) is 49.1 Å². The molecule has 1 amide bonds. The first-order chi connectivity index (χ1) is 13.5. The molecule has 146 valence electrons. The summed E-state index contributed by atoms with van der Waals surface area (Å²) in [5.41, 5.74) is 1.59. The van der Waals surface area contributed by atoms with Gasteiger partial charge in [0.1, 0.15) is 17.1 Å². The number of fused-ring (bicyclic) bond motifs is 1. The SMILES string of the molecule is COc1ccc(Cl)c2sc(N3CCN(C(=O)Cc4ccc(F)cc4)CC3)nc12. The number of benzene rings is 2. The average Bonchev–Trinajstić information content (AvgIpc) is 3.16. The van der Waals surface area contributed by atoms with Gasteiger partial charge in [0.05, 0.1) is 23.3 Å².